The van der Waals surface area contributed by atoms with Gasteiger partial charge in [-0.3, -0.25) is 9.59 Å². The van der Waals surface area contributed by atoms with Crippen LogP contribution in [-0.4, -0.2) is 49.8 Å². The van der Waals surface area contributed by atoms with Crippen molar-refractivity contribution in [1.82, 2.24) is 4.90 Å². The number of primary amides is 1. The highest BCUT2D eigenvalue weighted by molar-refractivity contribution is 7.19. The van der Waals surface area contributed by atoms with Gasteiger partial charge in [-0.25, -0.2) is 0 Å². The molecule has 1 saturated heterocycles. The number of hydrogen-bond acceptors (Lipinski definition) is 6. The molecule has 0 aromatic carbocycles. The van der Waals surface area contributed by atoms with E-state index in [1.54, 1.807) is 0 Å². The monoisotopic (exact) mass is 282 g/mol. The first kappa shape index (κ1) is 13.8. The van der Waals surface area contributed by atoms with Crippen molar-refractivity contribution in [3.05, 3.63) is 10.4 Å². The third-order valence-corrected chi connectivity index (χ3v) is 4.65. The topological polar surface area (TPSA) is 92.7 Å². The van der Waals surface area contributed by atoms with Gasteiger partial charge in [-0.2, -0.15) is 0 Å². The Morgan fingerprint density at radius 1 is 1.21 bits per heavy atom. The molecule has 19 heavy (non-hydrogen) atoms. The maximum absolute atomic E-state index is 11.6. The van der Waals surface area contributed by atoms with Gasteiger partial charge in [0.05, 0.1) is 16.1 Å². The summed E-state index contributed by atoms with van der Waals surface area (Å²) in [6.45, 7) is 4.86. The average molecular weight is 282 g/mol. The molecule has 1 aliphatic heterocycles. The van der Waals surface area contributed by atoms with Gasteiger partial charge in [-0.1, -0.05) is 0 Å². The minimum Gasteiger partial charge on any atom is -0.397 e. The highest BCUT2D eigenvalue weighted by atomic mass is 32.1. The largest absolute Gasteiger partial charge is 0.397 e. The fourth-order valence-corrected chi connectivity index (χ4v) is 3.34. The zero-order chi connectivity index (χ0) is 14.2. The van der Waals surface area contributed by atoms with Crippen LogP contribution in [0, 0.1) is 0 Å². The summed E-state index contributed by atoms with van der Waals surface area (Å²) in [6, 6.07) is 0. The lowest BCUT2D eigenvalue weighted by molar-refractivity contribution is 0.100. The number of ketones is 1. The van der Waals surface area contributed by atoms with Crippen molar-refractivity contribution < 1.29 is 9.59 Å². The standard InChI is InChI=1S/C12H18N4O2S/c1-7(17)10-9(13)8(11(14)18)12(19-10)16-5-3-15(2)4-6-16/h3-6,13H2,1-2H3,(H2,14,18). The van der Waals surface area contributed by atoms with Crippen LogP contribution in [0.25, 0.3) is 0 Å². The van der Waals surface area contributed by atoms with Gasteiger partial charge in [0.2, 0.25) is 0 Å². The highest BCUT2D eigenvalue weighted by Crippen LogP contribution is 2.38. The van der Waals surface area contributed by atoms with E-state index in [-0.39, 0.29) is 11.5 Å². The van der Waals surface area contributed by atoms with Gasteiger partial charge in [0.15, 0.2) is 5.78 Å². The summed E-state index contributed by atoms with van der Waals surface area (Å²) in [5, 5.41) is 0.725. The van der Waals surface area contributed by atoms with Crippen molar-refractivity contribution in [2.75, 3.05) is 43.9 Å². The Morgan fingerprint density at radius 2 is 1.79 bits per heavy atom. The lowest BCUT2D eigenvalue weighted by atomic mass is 10.2. The molecule has 0 saturated carbocycles. The van der Waals surface area contributed by atoms with Crippen LogP contribution in [0.15, 0.2) is 0 Å². The molecule has 1 aliphatic rings. The van der Waals surface area contributed by atoms with Gasteiger partial charge in [0.25, 0.3) is 5.91 Å². The molecule has 0 unspecified atom stereocenters. The van der Waals surface area contributed by atoms with Gasteiger partial charge in [0.1, 0.15) is 5.00 Å². The van der Waals surface area contributed by atoms with Crippen molar-refractivity contribution in [3.8, 4) is 0 Å². The molecule has 0 bridgehead atoms. The molecule has 1 aromatic rings. The van der Waals surface area contributed by atoms with Crippen LogP contribution < -0.4 is 16.4 Å². The van der Waals surface area contributed by atoms with Crippen LogP contribution in [-0.2, 0) is 0 Å². The number of hydrogen-bond donors (Lipinski definition) is 2. The number of piperazine rings is 1. The summed E-state index contributed by atoms with van der Waals surface area (Å²) in [5.41, 5.74) is 11.8. The van der Waals surface area contributed by atoms with Crippen LogP contribution >= 0.6 is 11.3 Å². The van der Waals surface area contributed by atoms with Gasteiger partial charge >= 0.3 is 0 Å². The molecule has 0 radical (unpaired) electrons. The molecule has 1 amide bonds. The van der Waals surface area contributed by atoms with E-state index in [2.05, 4.69) is 16.8 Å². The number of nitrogens with zero attached hydrogens (tertiary/aromatic N) is 2. The molecule has 1 aromatic heterocycles. The molecule has 0 atom stereocenters. The van der Waals surface area contributed by atoms with E-state index in [1.165, 1.54) is 18.3 Å². The van der Waals surface area contributed by atoms with Crippen molar-refractivity contribution in [2.24, 2.45) is 5.73 Å². The van der Waals surface area contributed by atoms with Crippen LogP contribution in [0.2, 0.25) is 0 Å². The summed E-state index contributed by atoms with van der Waals surface area (Å²) in [4.78, 5) is 27.8. The molecule has 1 fully saturated rings. The number of carbonyl (C=O) groups excluding carboxylic acids is 2. The first-order valence-electron chi connectivity index (χ1n) is 6.08. The fraction of sp³-hybridized carbons (Fsp3) is 0.500. The molecule has 6 nitrogen and oxygen atoms in total. The third kappa shape index (κ3) is 2.57. The van der Waals surface area contributed by atoms with E-state index in [9.17, 15) is 9.59 Å². The van der Waals surface area contributed by atoms with Crippen LogP contribution in [0.5, 0.6) is 0 Å². The molecule has 2 heterocycles. The van der Waals surface area contributed by atoms with Crippen molar-refractivity contribution >= 4 is 33.7 Å². The minimum absolute atomic E-state index is 0.134. The Bertz CT molecular complexity index is 518. The van der Waals surface area contributed by atoms with Crippen LogP contribution in [0.1, 0.15) is 27.0 Å². The predicted octanol–water partition coefficient (Wildman–Crippen LogP) is 0.384. The number of Topliss-reactive ketones (excluding diaryl/α,β-unsaturated/α-hetero) is 1. The number of amides is 1. The van der Waals surface area contributed by atoms with E-state index in [0.717, 1.165) is 31.2 Å². The minimum atomic E-state index is -0.574. The predicted molar refractivity (Wildman–Crippen MR) is 77.0 cm³/mol. The van der Waals surface area contributed by atoms with Gasteiger partial charge < -0.3 is 21.3 Å². The lowest BCUT2D eigenvalue weighted by Gasteiger charge is -2.33. The molecule has 7 heteroatoms. The maximum atomic E-state index is 11.6. The highest BCUT2D eigenvalue weighted by Gasteiger charge is 2.27. The van der Waals surface area contributed by atoms with Gasteiger partial charge in [0, 0.05) is 33.1 Å². The molecular formula is C12H18N4O2S. The number of nitrogens with two attached hydrogens (primary N) is 2. The first-order valence-corrected chi connectivity index (χ1v) is 6.90. The molecule has 104 valence electrons. The molecule has 0 aliphatic carbocycles. The number of rotatable bonds is 3. The molecule has 2 rings (SSSR count). The second-order valence-electron chi connectivity index (χ2n) is 4.74. The Balaban J connectivity index is 2.41. The van der Waals surface area contributed by atoms with Gasteiger partial charge in [-0.05, 0) is 7.05 Å². The fourth-order valence-electron chi connectivity index (χ4n) is 2.16. The Kier molecular flexibility index (Phi) is 3.77. The number of likely N-dealkylation sites (N-methyl/N-ethyl adjacent to an activating group) is 1. The van der Waals surface area contributed by atoms with Crippen molar-refractivity contribution in [2.45, 2.75) is 6.92 Å². The SMILES string of the molecule is CC(=O)c1sc(N2CCN(C)CC2)c(C(N)=O)c1N. The summed E-state index contributed by atoms with van der Waals surface area (Å²) in [5.74, 6) is -0.708. The first-order chi connectivity index (χ1) is 8.91. The zero-order valence-electron chi connectivity index (χ0n) is 11.1. The molecule has 0 spiro atoms. The van der Waals surface area contributed by atoms with Crippen molar-refractivity contribution in [1.29, 1.82) is 0 Å². The Labute approximate surface area is 116 Å². The smallest absolute Gasteiger partial charge is 0.253 e. The van der Waals surface area contributed by atoms with Gasteiger partial charge in [-0.15, -0.1) is 11.3 Å². The average Bonchev–Trinajstić information content (AvgIpc) is 2.68. The van der Waals surface area contributed by atoms with E-state index in [4.69, 9.17) is 11.5 Å². The Hall–Kier alpha value is -1.60. The summed E-state index contributed by atoms with van der Waals surface area (Å²) in [6.07, 6.45) is 0. The van der Waals surface area contributed by atoms with Crippen molar-refractivity contribution in [3.63, 3.8) is 0 Å². The quantitative estimate of drug-likeness (QED) is 0.782. The molecule has 4 N–H and O–H groups in total. The third-order valence-electron chi connectivity index (χ3n) is 3.28. The summed E-state index contributed by atoms with van der Waals surface area (Å²) < 4.78 is 0. The van der Waals surface area contributed by atoms with E-state index in [0.29, 0.717) is 10.4 Å². The lowest BCUT2D eigenvalue weighted by Crippen LogP contribution is -2.44. The van der Waals surface area contributed by atoms with E-state index in [1.807, 2.05) is 0 Å². The second-order valence-corrected chi connectivity index (χ2v) is 5.73. The normalized spacial score (nSPS) is 16.6. The van der Waals surface area contributed by atoms with Crippen LogP contribution in [0.3, 0.4) is 0 Å². The maximum Gasteiger partial charge on any atom is 0.253 e. The van der Waals surface area contributed by atoms with E-state index >= 15 is 0 Å². The Morgan fingerprint density at radius 3 is 2.26 bits per heavy atom. The zero-order valence-corrected chi connectivity index (χ0v) is 11.9. The second kappa shape index (κ2) is 5.18. The number of thiophene rings is 1. The number of carbonyl (C=O) groups is 2. The summed E-state index contributed by atoms with van der Waals surface area (Å²) in [7, 11) is 2.05. The number of anilines is 2. The van der Waals surface area contributed by atoms with E-state index < -0.39 is 5.91 Å². The van der Waals surface area contributed by atoms with Crippen LogP contribution in [0.4, 0.5) is 10.7 Å². The summed E-state index contributed by atoms with van der Waals surface area (Å²) >= 11 is 1.26. The number of nitrogen functional groups attached to an aromatic ring is 1. The molecular weight excluding hydrogens is 264 g/mol.